The molecule has 10 nitrogen and oxygen atoms in total. The molecule has 0 aliphatic carbocycles. The van der Waals surface area contributed by atoms with Crippen molar-refractivity contribution < 1.29 is 33.8 Å². The maximum Gasteiger partial charge on any atom is 0.411 e. The summed E-state index contributed by atoms with van der Waals surface area (Å²) in [5.41, 5.74) is 1.02. The molecule has 4 atom stereocenters. The Balaban J connectivity index is 2.29. The summed E-state index contributed by atoms with van der Waals surface area (Å²) in [6, 6.07) is 13.7. The Morgan fingerprint density at radius 1 is 0.935 bits per heavy atom. The van der Waals surface area contributed by atoms with E-state index < -0.39 is 53.7 Å². The Kier molecular flexibility index (Phi) is 15.0. The van der Waals surface area contributed by atoms with Gasteiger partial charge in [-0.2, -0.15) is 0 Å². The zero-order chi connectivity index (χ0) is 34.4. The minimum absolute atomic E-state index is 0.0695. The predicted octanol–water partition coefficient (Wildman–Crippen LogP) is 5.86. The van der Waals surface area contributed by atoms with Crippen LogP contribution in [0.2, 0.25) is 0 Å². The molecule has 0 fully saturated rings. The number of carboxylic acids is 1. The molecule has 0 saturated carbocycles. The van der Waals surface area contributed by atoms with E-state index in [0.29, 0.717) is 12.8 Å². The maximum absolute atomic E-state index is 14.1. The van der Waals surface area contributed by atoms with Gasteiger partial charge in [0.05, 0.1) is 6.54 Å². The van der Waals surface area contributed by atoms with Crippen molar-refractivity contribution in [3.05, 3.63) is 65.7 Å². The van der Waals surface area contributed by atoms with Gasteiger partial charge in [-0.1, -0.05) is 75.2 Å². The topological polar surface area (TPSA) is 125 Å². The molecular formula is C36H53N3O7. The number of hydrogen-bond donors (Lipinski definition) is 2. The molecule has 0 bridgehead atoms. The molecule has 0 saturated heterocycles. The summed E-state index contributed by atoms with van der Waals surface area (Å²) in [7, 11) is 1.49. The monoisotopic (exact) mass is 639 g/mol. The summed E-state index contributed by atoms with van der Waals surface area (Å²) in [4.78, 5) is 55.6. The van der Waals surface area contributed by atoms with Crippen LogP contribution < -0.4 is 10.1 Å². The van der Waals surface area contributed by atoms with Crippen molar-refractivity contribution in [3.8, 4) is 5.75 Å². The third-order valence-corrected chi connectivity index (χ3v) is 7.61. The van der Waals surface area contributed by atoms with E-state index in [-0.39, 0.29) is 13.0 Å². The van der Waals surface area contributed by atoms with Crippen LogP contribution in [0.1, 0.15) is 85.3 Å². The van der Waals surface area contributed by atoms with E-state index in [9.17, 15) is 24.3 Å². The maximum atomic E-state index is 14.1. The predicted molar refractivity (Wildman–Crippen MR) is 179 cm³/mol. The van der Waals surface area contributed by atoms with E-state index in [1.807, 2.05) is 44.2 Å². The lowest BCUT2D eigenvalue weighted by atomic mass is 10.0. The number of carbonyl (C=O) groups excluding carboxylic acids is 3. The summed E-state index contributed by atoms with van der Waals surface area (Å²) in [6.07, 6.45) is 2.78. The van der Waals surface area contributed by atoms with Crippen molar-refractivity contribution in [2.45, 2.75) is 117 Å². The minimum atomic E-state index is -1.18. The van der Waals surface area contributed by atoms with Crippen molar-refractivity contribution in [2.24, 2.45) is 0 Å². The van der Waals surface area contributed by atoms with Crippen LogP contribution in [0.15, 0.2) is 54.6 Å². The molecule has 46 heavy (non-hydrogen) atoms. The number of nitrogens with one attached hydrogen (secondary N) is 1. The van der Waals surface area contributed by atoms with Crippen molar-refractivity contribution >= 4 is 23.9 Å². The third kappa shape index (κ3) is 12.0. The lowest BCUT2D eigenvalue weighted by Crippen LogP contribution is -2.57. The van der Waals surface area contributed by atoms with E-state index in [0.717, 1.165) is 36.1 Å². The summed E-state index contributed by atoms with van der Waals surface area (Å²) in [5, 5.41) is 12.4. The Bertz CT molecular complexity index is 1280. The zero-order valence-corrected chi connectivity index (χ0v) is 28.7. The number of benzene rings is 2. The average molecular weight is 640 g/mol. The van der Waals surface area contributed by atoms with Crippen LogP contribution in [-0.2, 0) is 32.0 Å². The van der Waals surface area contributed by atoms with Crippen LogP contribution in [0.4, 0.5) is 4.79 Å². The summed E-state index contributed by atoms with van der Waals surface area (Å²) < 4.78 is 12.1. The fourth-order valence-corrected chi connectivity index (χ4v) is 5.00. The first-order valence-electron chi connectivity index (χ1n) is 16.3. The van der Waals surface area contributed by atoms with Gasteiger partial charge in [0.1, 0.15) is 35.6 Å². The molecule has 0 heterocycles. The van der Waals surface area contributed by atoms with E-state index in [1.165, 1.54) is 23.8 Å². The first-order valence-corrected chi connectivity index (χ1v) is 16.3. The number of rotatable bonds is 17. The van der Waals surface area contributed by atoms with Crippen LogP contribution in [0.3, 0.4) is 0 Å². The molecular weight excluding hydrogens is 586 g/mol. The second kappa shape index (κ2) is 18.2. The van der Waals surface area contributed by atoms with Crippen molar-refractivity contribution in [3.63, 3.8) is 0 Å². The quantitative estimate of drug-likeness (QED) is 0.222. The molecule has 254 valence electrons. The first kappa shape index (κ1) is 38.1. The number of aryl methyl sites for hydroxylation is 1. The standard InChI is InChI=1S/C36H53N3O7/c1-9-11-20-28-21-15-16-22-31(28)45-25(3)24-39(35(44)46-36(5,6)7)30(17-10-2)33(41)38(8)26(4)32(40)37-29(34(42)43)23-27-18-13-12-14-19-27/h12-16,18-19,21-22,25-26,29-30H,9-11,17,20,23-24H2,1-8H3,(H,37,40)(H,42,43)/t25-,26+,29?,30-/m0/s1. The third-order valence-electron chi connectivity index (χ3n) is 7.61. The zero-order valence-electron chi connectivity index (χ0n) is 28.7. The van der Waals surface area contributed by atoms with Crippen LogP contribution in [0, 0.1) is 0 Å². The highest BCUT2D eigenvalue weighted by atomic mass is 16.6. The van der Waals surface area contributed by atoms with E-state index >= 15 is 0 Å². The fourth-order valence-electron chi connectivity index (χ4n) is 5.00. The van der Waals surface area contributed by atoms with Crippen LogP contribution in [0.5, 0.6) is 5.75 Å². The normalized spacial score (nSPS) is 13.9. The minimum Gasteiger partial charge on any atom is -0.489 e. The second-order valence-electron chi connectivity index (χ2n) is 12.8. The lowest BCUT2D eigenvalue weighted by molar-refractivity contribution is -0.145. The number of hydrogen-bond acceptors (Lipinski definition) is 6. The molecule has 2 rings (SSSR count). The van der Waals surface area contributed by atoms with Crippen LogP contribution in [-0.4, -0.2) is 82.2 Å². The molecule has 2 aromatic carbocycles. The molecule has 2 N–H and O–H groups in total. The molecule has 0 aliphatic heterocycles. The second-order valence-corrected chi connectivity index (χ2v) is 12.8. The van der Waals surface area contributed by atoms with Gasteiger partial charge in [0.25, 0.3) is 0 Å². The van der Waals surface area contributed by atoms with Crippen molar-refractivity contribution in [1.29, 1.82) is 0 Å². The lowest BCUT2D eigenvalue weighted by Gasteiger charge is -2.37. The molecule has 0 radical (unpaired) electrons. The van der Waals surface area contributed by atoms with E-state index in [4.69, 9.17) is 9.47 Å². The Morgan fingerprint density at radius 3 is 2.15 bits per heavy atom. The highest BCUT2D eigenvalue weighted by Crippen LogP contribution is 2.23. The number of carbonyl (C=O) groups is 4. The van der Waals surface area contributed by atoms with Gasteiger partial charge >= 0.3 is 12.1 Å². The first-order chi connectivity index (χ1) is 21.7. The Labute approximate surface area is 274 Å². The number of aliphatic carboxylic acids is 1. The number of nitrogens with zero attached hydrogens (tertiary/aromatic N) is 2. The highest BCUT2D eigenvalue weighted by molar-refractivity contribution is 5.92. The van der Waals surface area contributed by atoms with Gasteiger partial charge in [-0.05, 0) is 71.1 Å². The molecule has 2 aromatic rings. The van der Waals surface area contributed by atoms with Crippen LogP contribution >= 0.6 is 0 Å². The largest absolute Gasteiger partial charge is 0.489 e. The van der Waals surface area contributed by atoms with E-state index in [1.54, 1.807) is 45.0 Å². The number of amides is 3. The smallest absolute Gasteiger partial charge is 0.411 e. The number of ether oxygens (including phenoxy) is 2. The Morgan fingerprint density at radius 2 is 1.57 bits per heavy atom. The summed E-state index contributed by atoms with van der Waals surface area (Å²) in [6.45, 7) is 12.8. The van der Waals surface area contributed by atoms with Gasteiger partial charge in [-0.25, -0.2) is 9.59 Å². The van der Waals surface area contributed by atoms with Gasteiger partial charge in [0, 0.05) is 13.5 Å². The number of likely N-dealkylation sites (N-methyl/N-ethyl adjacent to an activating group) is 1. The molecule has 0 spiro atoms. The average Bonchev–Trinajstić information content (AvgIpc) is 3.00. The molecule has 1 unspecified atom stereocenters. The molecule has 0 aliphatic rings. The van der Waals surface area contributed by atoms with E-state index in [2.05, 4.69) is 12.2 Å². The van der Waals surface area contributed by atoms with Crippen LogP contribution in [0.25, 0.3) is 0 Å². The van der Waals surface area contributed by atoms with Crippen molar-refractivity contribution in [2.75, 3.05) is 13.6 Å². The van der Waals surface area contributed by atoms with Gasteiger partial charge in [-0.15, -0.1) is 0 Å². The molecule has 10 heteroatoms. The van der Waals surface area contributed by atoms with Gasteiger partial charge in [0.2, 0.25) is 11.8 Å². The fraction of sp³-hybridized carbons (Fsp3) is 0.556. The highest BCUT2D eigenvalue weighted by Gasteiger charge is 2.38. The summed E-state index contributed by atoms with van der Waals surface area (Å²) >= 11 is 0. The van der Waals surface area contributed by atoms with Gasteiger partial charge < -0.3 is 24.8 Å². The van der Waals surface area contributed by atoms with Gasteiger partial charge in [-0.3, -0.25) is 14.5 Å². The SMILES string of the molecule is CCCCc1ccccc1O[C@@H](C)CN(C(=O)OC(C)(C)C)[C@@H](CCC)C(=O)N(C)[C@H](C)C(=O)NC(Cc1ccccc1)C(=O)O. The number of carboxylic acid groups (broad SMARTS) is 1. The Hall–Kier alpha value is -4.08. The molecule has 3 amide bonds. The molecule has 0 aromatic heterocycles. The summed E-state index contributed by atoms with van der Waals surface area (Å²) in [5.74, 6) is -1.51. The van der Waals surface area contributed by atoms with Crippen molar-refractivity contribution in [1.82, 2.24) is 15.1 Å². The number of para-hydroxylation sites is 1. The van der Waals surface area contributed by atoms with Gasteiger partial charge in [0.15, 0.2) is 0 Å². The number of unbranched alkanes of at least 4 members (excludes halogenated alkanes) is 1.